The van der Waals surface area contributed by atoms with Crippen LogP contribution in [0.2, 0.25) is 0 Å². The van der Waals surface area contributed by atoms with Crippen molar-refractivity contribution in [2.75, 3.05) is 26.0 Å². The quantitative estimate of drug-likeness (QED) is 0.230. The van der Waals surface area contributed by atoms with Gasteiger partial charge in [0.1, 0.15) is 5.75 Å². The molecule has 1 amide bonds. The number of aromatic nitrogens is 2. The van der Waals surface area contributed by atoms with E-state index >= 15 is 0 Å². The lowest BCUT2D eigenvalue weighted by atomic mass is 9.62. The first-order chi connectivity index (χ1) is 19.0. The van der Waals surface area contributed by atoms with Gasteiger partial charge in [-0.2, -0.15) is 0 Å². The average Bonchev–Trinajstić information content (AvgIpc) is 2.96. The first kappa shape index (κ1) is 27.5. The van der Waals surface area contributed by atoms with Crippen molar-refractivity contribution >= 4 is 17.7 Å². The van der Waals surface area contributed by atoms with Crippen LogP contribution in [0.15, 0.2) is 58.5 Å². The van der Waals surface area contributed by atoms with Crippen molar-refractivity contribution in [1.29, 1.82) is 0 Å². The van der Waals surface area contributed by atoms with Crippen LogP contribution in [0, 0.1) is 0 Å². The number of ether oxygens (including phenoxy) is 1. The van der Waals surface area contributed by atoms with E-state index in [9.17, 15) is 9.59 Å². The lowest BCUT2D eigenvalue weighted by Gasteiger charge is -2.42. The highest BCUT2D eigenvalue weighted by molar-refractivity contribution is 7.99. The summed E-state index contributed by atoms with van der Waals surface area (Å²) in [6.45, 7) is 5.67. The molecule has 5 rings (SSSR count). The summed E-state index contributed by atoms with van der Waals surface area (Å²) in [5, 5.41) is 0.563. The highest BCUT2D eigenvalue weighted by Gasteiger charge is 2.43. The monoisotopic (exact) mass is 545 g/mol. The zero-order valence-electron chi connectivity index (χ0n) is 23.4. The molecule has 39 heavy (non-hydrogen) atoms. The number of fused-ring (bicyclic) bond motifs is 4. The maximum absolute atomic E-state index is 14.6. The molecule has 1 saturated carbocycles. The van der Waals surface area contributed by atoms with Gasteiger partial charge in [0, 0.05) is 24.1 Å². The fraction of sp³-hybridized carbons (Fsp3) is 0.469. The number of hydrogen-bond acceptors (Lipinski definition) is 5. The van der Waals surface area contributed by atoms with E-state index in [4.69, 9.17) is 9.72 Å². The largest absolute Gasteiger partial charge is 0.497 e. The molecule has 0 bridgehead atoms. The lowest BCUT2D eigenvalue weighted by Crippen LogP contribution is -2.43. The SMILES string of the molecule is CCCN(CCC)C(=O)CSc1nc2c(c(=O)n1-c1ccc(OC)cc1)C1(CCCCC1)Cc1ccccc1-2. The van der Waals surface area contributed by atoms with Gasteiger partial charge >= 0.3 is 0 Å². The summed E-state index contributed by atoms with van der Waals surface area (Å²) in [5.74, 6) is 1.06. The van der Waals surface area contributed by atoms with Crippen molar-refractivity contribution in [3.05, 3.63) is 70.0 Å². The van der Waals surface area contributed by atoms with Crippen LogP contribution >= 0.6 is 11.8 Å². The van der Waals surface area contributed by atoms with Crippen LogP contribution in [-0.4, -0.2) is 46.3 Å². The first-order valence-corrected chi connectivity index (χ1v) is 15.3. The molecule has 2 aliphatic carbocycles. The summed E-state index contributed by atoms with van der Waals surface area (Å²) < 4.78 is 7.12. The molecule has 6 nitrogen and oxygen atoms in total. The van der Waals surface area contributed by atoms with Crippen molar-refractivity contribution in [3.63, 3.8) is 0 Å². The fourth-order valence-corrected chi connectivity index (χ4v) is 7.27. The third kappa shape index (κ3) is 5.38. The Balaban J connectivity index is 1.66. The third-order valence-corrected chi connectivity index (χ3v) is 9.11. The molecule has 0 unspecified atom stereocenters. The number of carbonyl (C=O) groups is 1. The molecule has 2 aromatic carbocycles. The van der Waals surface area contributed by atoms with Crippen LogP contribution in [0.1, 0.15) is 69.9 Å². The topological polar surface area (TPSA) is 64.4 Å². The second-order valence-electron chi connectivity index (χ2n) is 10.8. The number of methoxy groups -OCH3 is 1. The van der Waals surface area contributed by atoms with E-state index in [1.54, 1.807) is 11.7 Å². The maximum Gasteiger partial charge on any atom is 0.263 e. The Hall–Kier alpha value is -3.06. The third-order valence-electron chi connectivity index (χ3n) is 8.19. The molecule has 206 valence electrons. The van der Waals surface area contributed by atoms with Crippen LogP contribution in [0.5, 0.6) is 5.75 Å². The Labute approximate surface area is 235 Å². The normalized spacial score (nSPS) is 15.5. The molecular formula is C32H39N3O3S. The predicted molar refractivity (Wildman–Crippen MR) is 158 cm³/mol. The van der Waals surface area contributed by atoms with E-state index in [0.29, 0.717) is 5.16 Å². The molecule has 0 radical (unpaired) electrons. The van der Waals surface area contributed by atoms with Gasteiger partial charge in [-0.3, -0.25) is 14.2 Å². The maximum atomic E-state index is 14.6. The van der Waals surface area contributed by atoms with Crippen molar-refractivity contribution in [2.24, 2.45) is 0 Å². The highest BCUT2D eigenvalue weighted by atomic mass is 32.2. The van der Waals surface area contributed by atoms with Gasteiger partial charge in [0.05, 0.1) is 29.8 Å². The number of carbonyl (C=O) groups excluding carboxylic acids is 1. The van der Waals surface area contributed by atoms with Gasteiger partial charge in [-0.15, -0.1) is 0 Å². The molecule has 0 aliphatic heterocycles. The van der Waals surface area contributed by atoms with E-state index in [-0.39, 0.29) is 22.6 Å². The van der Waals surface area contributed by atoms with Crippen LogP contribution in [-0.2, 0) is 16.6 Å². The second kappa shape index (κ2) is 12.0. The van der Waals surface area contributed by atoms with Gasteiger partial charge in [0.25, 0.3) is 5.56 Å². The van der Waals surface area contributed by atoms with Crippen LogP contribution < -0.4 is 10.3 Å². The van der Waals surface area contributed by atoms with Crippen molar-refractivity contribution in [1.82, 2.24) is 14.5 Å². The van der Waals surface area contributed by atoms with Crippen molar-refractivity contribution < 1.29 is 9.53 Å². The summed E-state index contributed by atoms with van der Waals surface area (Å²) >= 11 is 1.37. The van der Waals surface area contributed by atoms with Crippen LogP contribution in [0.3, 0.4) is 0 Å². The van der Waals surface area contributed by atoms with E-state index < -0.39 is 0 Å². The number of thioether (sulfide) groups is 1. The summed E-state index contributed by atoms with van der Waals surface area (Å²) in [7, 11) is 1.64. The standard InChI is InChI=1S/C32H39N3O3S/c1-4-19-34(20-5-2)27(36)22-39-31-33-29-26-12-8-7-11-23(26)21-32(17-9-6-10-18-32)28(29)30(37)35(31)24-13-15-25(38-3)16-14-24/h7-8,11-16H,4-6,9-10,17-22H2,1-3H3. The number of rotatable bonds is 9. The van der Waals surface area contributed by atoms with E-state index in [2.05, 4.69) is 32.0 Å². The minimum atomic E-state index is -0.196. The van der Waals surface area contributed by atoms with Crippen LogP contribution in [0.25, 0.3) is 16.9 Å². The van der Waals surface area contributed by atoms with Crippen LogP contribution in [0.4, 0.5) is 0 Å². The molecule has 1 aromatic heterocycles. The Morgan fingerprint density at radius 1 is 1.03 bits per heavy atom. The summed E-state index contributed by atoms with van der Waals surface area (Å²) in [4.78, 5) is 35.0. The molecule has 7 heteroatoms. The van der Waals surface area contributed by atoms with E-state index in [1.165, 1.54) is 23.7 Å². The van der Waals surface area contributed by atoms with Crippen molar-refractivity contribution in [2.45, 2.75) is 75.8 Å². The van der Waals surface area contributed by atoms with Crippen molar-refractivity contribution in [3.8, 4) is 22.7 Å². The number of benzene rings is 2. The molecule has 0 atom stereocenters. The summed E-state index contributed by atoms with van der Waals surface area (Å²) in [6.07, 6.45) is 8.18. The fourth-order valence-electron chi connectivity index (χ4n) is 6.36. The zero-order valence-corrected chi connectivity index (χ0v) is 24.2. The van der Waals surface area contributed by atoms with E-state index in [1.807, 2.05) is 35.2 Å². The molecule has 0 N–H and O–H groups in total. The molecule has 1 heterocycles. The Bertz CT molecular complexity index is 1370. The van der Waals surface area contributed by atoms with Gasteiger partial charge in [-0.1, -0.05) is 69.1 Å². The van der Waals surface area contributed by atoms with Gasteiger partial charge in [-0.25, -0.2) is 4.98 Å². The summed E-state index contributed by atoms with van der Waals surface area (Å²) in [5.41, 5.74) is 4.52. The lowest BCUT2D eigenvalue weighted by molar-refractivity contribution is -0.128. The van der Waals surface area contributed by atoms with Gasteiger partial charge in [0.15, 0.2) is 5.16 Å². The zero-order chi connectivity index (χ0) is 27.4. The Morgan fingerprint density at radius 2 is 1.72 bits per heavy atom. The van der Waals surface area contributed by atoms with Gasteiger partial charge in [-0.05, 0) is 61.9 Å². The molecular weight excluding hydrogens is 506 g/mol. The predicted octanol–water partition coefficient (Wildman–Crippen LogP) is 6.41. The number of nitrogens with zero attached hydrogens (tertiary/aromatic N) is 3. The Kier molecular flexibility index (Phi) is 8.46. The first-order valence-electron chi connectivity index (χ1n) is 14.3. The number of hydrogen-bond donors (Lipinski definition) is 0. The molecule has 1 spiro atoms. The second-order valence-corrected chi connectivity index (χ2v) is 11.7. The minimum absolute atomic E-state index is 0.00417. The minimum Gasteiger partial charge on any atom is -0.497 e. The van der Waals surface area contributed by atoms with Gasteiger partial charge < -0.3 is 9.64 Å². The highest BCUT2D eigenvalue weighted by Crippen LogP contribution is 2.49. The van der Waals surface area contributed by atoms with E-state index in [0.717, 1.165) is 86.3 Å². The summed E-state index contributed by atoms with van der Waals surface area (Å²) in [6, 6.07) is 16.0. The molecule has 0 saturated heterocycles. The molecule has 2 aliphatic rings. The van der Waals surface area contributed by atoms with Gasteiger partial charge in [0.2, 0.25) is 5.91 Å². The number of amides is 1. The Morgan fingerprint density at radius 3 is 2.38 bits per heavy atom. The smallest absolute Gasteiger partial charge is 0.263 e. The molecule has 1 fully saturated rings. The molecule has 3 aromatic rings. The average molecular weight is 546 g/mol.